The summed E-state index contributed by atoms with van der Waals surface area (Å²) in [5, 5.41) is 2.78. The Labute approximate surface area is 132 Å². The predicted molar refractivity (Wildman–Crippen MR) is 85.2 cm³/mol. The van der Waals surface area contributed by atoms with Crippen LogP contribution >= 0.6 is 22.6 Å². The Bertz CT molecular complexity index is 480. The van der Waals surface area contributed by atoms with E-state index < -0.39 is 17.7 Å². The van der Waals surface area contributed by atoms with Crippen LogP contribution in [-0.4, -0.2) is 23.6 Å². The third-order valence-corrected chi connectivity index (χ3v) is 3.10. The van der Waals surface area contributed by atoms with Crippen molar-refractivity contribution in [3.05, 3.63) is 33.4 Å². The van der Waals surface area contributed by atoms with Gasteiger partial charge >= 0.3 is 6.09 Å². The van der Waals surface area contributed by atoms with Crippen LogP contribution in [0.4, 0.5) is 4.79 Å². The van der Waals surface area contributed by atoms with E-state index in [9.17, 15) is 9.59 Å². The molecule has 0 spiro atoms. The van der Waals surface area contributed by atoms with Crippen molar-refractivity contribution >= 4 is 34.6 Å². The van der Waals surface area contributed by atoms with Crippen molar-refractivity contribution in [1.29, 1.82) is 0 Å². The molecule has 0 aromatic heterocycles. The van der Waals surface area contributed by atoms with Crippen molar-refractivity contribution in [3.63, 3.8) is 0 Å². The van der Waals surface area contributed by atoms with E-state index in [0.29, 0.717) is 6.42 Å². The largest absolute Gasteiger partial charge is 0.436 e. The Balaban J connectivity index is 2.81. The van der Waals surface area contributed by atoms with Gasteiger partial charge in [0.15, 0.2) is 6.10 Å². The second kappa shape index (κ2) is 6.92. The first-order chi connectivity index (χ1) is 9.17. The quantitative estimate of drug-likeness (QED) is 0.774. The number of ether oxygens (including phenoxy) is 1. The average molecular weight is 390 g/mol. The molecule has 0 aliphatic rings. The van der Waals surface area contributed by atoms with Crippen molar-refractivity contribution in [2.75, 3.05) is 0 Å². The number of primary amides is 1. The van der Waals surface area contributed by atoms with E-state index in [-0.39, 0.29) is 5.91 Å². The zero-order valence-electron chi connectivity index (χ0n) is 11.8. The van der Waals surface area contributed by atoms with Crippen LogP contribution in [0.25, 0.3) is 0 Å². The number of hydrogen-bond donors (Lipinski definition) is 2. The smallest absolute Gasteiger partial charge is 0.405 e. The summed E-state index contributed by atoms with van der Waals surface area (Å²) >= 11 is 2.20. The number of rotatable bonds is 4. The van der Waals surface area contributed by atoms with E-state index in [1.165, 1.54) is 0 Å². The SMILES string of the molecule is CC(C)(C)NC(=O)[C@H](Cc1ccc(I)cc1)OC(N)=O. The minimum Gasteiger partial charge on any atom is -0.436 e. The third-order valence-electron chi connectivity index (χ3n) is 2.38. The topological polar surface area (TPSA) is 81.4 Å². The van der Waals surface area contributed by atoms with Gasteiger partial charge in [0.25, 0.3) is 5.91 Å². The van der Waals surface area contributed by atoms with E-state index in [1.807, 2.05) is 45.0 Å². The second-order valence-electron chi connectivity index (χ2n) is 5.50. The van der Waals surface area contributed by atoms with E-state index in [2.05, 4.69) is 27.9 Å². The molecule has 0 bridgehead atoms. The lowest BCUT2D eigenvalue weighted by Gasteiger charge is -2.24. The highest BCUT2D eigenvalue weighted by molar-refractivity contribution is 14.1. The van der Waals surface area contributed by atoms with E-state index in [1.54, 1.807) is 0 Å². The van der Waals surface area contributed by atoms with Gasteiger partial charge in [0.05, 0.1) is 0 Å². The van der Waals surface area contributed by atoms with Gasteiger partial charge in [-0.05, 0) is 61.1 Å². The molecule has 5 nitrogen and oxygen atoms in total. The van der Waals surface area contributed by atoms with Gasteiger partial charge in [-0.2, -0.15) is 0 Å². The molecule has 1 atom stereocenters. The van der Waals surface area contributed by atoms with Gasteiger partial charge in [0.2, 0.25) is 0 Å². The van der Waals surface area contributed by atoms with Crippen molar-refractivity contribution in [2.45, 2.75) is 38.8 Å². The van der Waals surface area contributed by atoms with Gasteiger partial charge in [-0.1, -0.05) is 12.1 Å². The van der Waals surface area contributed by atoms with Crippen LogP contribution in [0.5, 0.6) is 0 Å². The molecule has 6 heteroatoms. The molecule has 3 N–H and O–H groups in total. The fourth-order valence-corrected chi connectivity index (χ4v) is 1.97. The lowest BCUT2D eigenvalue weighted by atomic mass is 10.0. The minimum atomic E-state index is -0.954. The van der Waals surface area contributed by atoms with Gasteiger partial charge < -0.3 is 15.8 Å². The molecule has 110 valence electrons. The summed E-state index contributed by atoms with van der Waals surface area (Å²) in [5.74, 6) is -0.352. The Morgan fingerprint density at radius 3 is 2.30 bits per heavy atom. The molecule has 0 unspecified atom stereocenters. The van der Waals surface area contributed by atoms with Crippen molar-refractivity contribution in [1.82, 2.24) is 5.32 Å². The number of hydrogen-bond acceptors (Lipinski definition) is 3. The van der Waals surface area contributed by atoms with Crippen molar-refractivity contribution in [3.8, 4) is 0 Å². The molecule has 20 heavy (non-hydrogen) atoms. The summed E-state index contributed by atoms with van der Waals surface area (Å²) < 4.78 is 6.01. The fraction of sp³-hybridized carbons (Fsp3) is 0.429. The number of halogens is 1. The first kappa shape index (κ1) is 16.7. The third kappa shape index (κ3) is 6.23. The van der Waals surface area contributed by atoms with E-state index >= 15 is 0 Å². The maximum atomic E-state index is 12.1. The molecule has 0 heterocycles. The fourth-order valence-electron chi connectivity index (χ4n) is 1.61. The zero-order valence-corrected chi connectivity index (χ0v) is 13.9. The molecule has 0 radical (unpaired) electrons. The first-order valence-electron chi connectivity index (χ1n) is 6.20. The van der Waals surface area contributed by atoms with Gasteiger partial charge in [-0.15, -0.1) is 0 Å². The Kier molecular flexibility index (Phi) is 5.79. The zero-order chi connectivity index (χ0) is 15.3. The molecule has 2 amide bonds. The summed E-state index contributed by atoms with van der Waals surface area (Å²) in [4.78, 5) is 23.1. The molecule has 0 saturated carbocycles. The van der Waals surface area contributed by atoms with Crippen LogP contribution < -0.4 is 11.1 Å². The number of amides is 2. The highest BCUT2D eigenvalue weighted by Gasteiger charge is 2.25. The minimum absolute atomic E-state index is 0.293. The molecular weight excluding hydrogens is 371 g/mol. The molecule has 0 aliphatic heterocycles. The number of carbonyl (C=O) groups excluding carboxylic acids is 2. The van der Waals surface area contributed by atoms with E-state index in [0.717, 1.165) is 9.13 Å². The molecule has 0 aliphatic carbocycles. The lowest BCUT2D eigenvalue weighted by molar-refractivity contribution is -0.130. The number of carbonyl (C=O) groups is 2. The maximum absolute atomic E-state index is 12.1. The summed E-state index contributed by atoms with van der Waals surface area (Å²) in [6, 6.07) is 7.64. The molecule has 1 aromatic rings. The second-order valence-corrected chi connectivity index (χ2v) is 6.74. The van der Waals surface area contributed by atoms with Crippen LogP contribution in [0.2, 0.25) is 0 Å². The van der Waals surface area contributed by atoms with E-state index in [4.69, 9.17) is 10.5 Å². The monoisotopic (exact) mass is 390 g/mol. The predicted octanol–water partition coefficient (Wildman–Crippen LogP) is 2.21. The van der Waals surface area contributed by atoms with Crippen molar-refractivity contribution < 1.29 is 14.3 Å². The van der Waals surface area contributed by atoms with Gasteiger partial charge in [0.1, 0.15) is 0 Å². The van der Waals surface area contributed by atoms with Crippen LogP contribution in [0.1, 0.15) is 26.3 Å². The molecule has 1 aromatic carbocycles. The highest BCUT2D eigenvalue weighted by Crippen LogP contribution is 2.11. The summed E-state index contributed by atoms with van der Waals surface area (Å²) in [6.45, 7) is 5.57. The Morgan fingerprint density at radius 2 is 1.85 bits per heavy atom. The Morgan fingerprint density at radius 1 is 1.30 bits per heavy atom. The first-order valence-corrected chi connectivity index (χ1v) is 7.28. The van der Waals surface area contributed by atoms with Crippen molar-refractivity contribution in [2.24, 2.45) is 5.73 Å². The summed E-state index contributed by atoms with van der Waals surface area (Å²) in [7, 11) is 0. The molecule has 0 fully saturated rings. The van der Waals surface area contributed by atoms with Gasteiger partial charge in [-0.25, -0.2) is 4.79 Å². The Hall–Kier alpha value is -1.31. The number of benzene rings is 1. The standard InChI is InChI=1S/C14H19IN2O3/c1-14(2,3)17-12(18)11(20-13(16)19)8-9-4-6-10(15)7-5-9/h4-7,11H,8H2,1-3H3,(H2,16,19)(H,17,18)/t11-/m0/s1. The lowest BCUT2D eigenvalue weighted by Crippen LogP contribution is -2.48. The molecular formula is C14H19IN2O3. The summed E-state index contributed by atoms with van der Waals surface area (Å²) in [6.07, 6.45) is -1.58. The van der Waals surface area contributed by atoms with Gasteiger partial charge in [0, 0.05) is 15.5 Å². The molecule has 0 saturated heterocycles. The summed E-state index contributed by atoms with van der Waals surface area (Å²) in [5.41, 5.74) is 5.53. The normalized spacial score (nSPS) is 12.6. The highest BCUT2D eigenvalue weighted by atomic mass is 127. The van der Waals surface area contributed by atoms with Crippen LogP contribution in [0.3, 0.4) is 0 Å². The van der Waals surface area contributed by atoms with Crippen LogP contribution in [0, 0.1) is 3.57 Å². The molecule has 1 rings (SSSR count). The van der Waals surface area contributed by atoms with Crippen LogP contribution in [-0.2, 0) is 16.0 Å². The average Bonchev–Trinajstić information content (AvgIpc) is 2.28. The number of nitrogens with two attached hydrogens (primary N) is 1. The maximum Gasteiger partial charge on any atom is 0.405 e. The van der Waals surface area contributed by atoms with Crippen LogP contribution in [0.15, 0.2) is 24.3 Å². The van der Waals surface area contributed by atoms with Gasteiger partial charge in [-0.3, -0.25) is 4.79 Å². The number of nitrogens with one attached hydrogen (secondary N) is 1.